The lowest BCUT2D eigenvalue weighted by atomic mass is 9.97. The molecule has 154 valence electrons. The first kappa shape index (κ1) is 22.9. The molecule has 0 aliphatic carbocycles. The van der Waals surface area contributed by atoms with Crippen LogP contribution in [-0.4, -0.2) is 47.7 Å². The second kappa shape index (κ2) is 11.0. The Labute approximate surface area is 189 Å². The fourth-order valence-corrected chi connectivity index (χ4v) is 3.70. The average molecular weight is 518 g/mol. The number of aromatic nitrogens is 2. The maximum absolute atomic E-state index is 5.92. The highest BCUT2D eigenvalue weighted by Crippen LogP contribution is 2.23. The zero-order valence-electron chi connectivity index (χ0n) is 16.7. The SMILES string of the molecule is CN=C(NCCc1nc(-c2ccc(Cl)cc2)no1)N1CCC(CC(C)C)C1.I. The second-order valence-electron chi connectivity index (χ2n) is 7.47. The van der Waals surface area contributed by atoms with Crippen LogP contribution in [-0.2, 0) is 6.42 Å². The second-order valence-corrected chi connectivity index (χ2v) is 7.91. The monoisotopic (exact) mass is 517 g/mol. The number of guanidine groups is 1. The van der Waals surface area contributed by atoms with Crippen LogP contribution in [0.2, 0.25) is 5.02 Å². The van der Waals surface area contributed by atoms with Gasteiger partial charge in [-0.2, -0.15) is 4.98 Å². The molecule has 0 saturated carbocycles. The van der Waals surface area contributed by atoms with Crippen molar-refractivity contribution in [2.75, 3.05) is 26.7 Å². The van der Waals surface area contributed by atoms with Crippen molar-refractivity contribution < 1.29 is 4.52 Å². The maximum atomic E-state index is 5.92. The van der Waals surface area contributed by atoms with Gasteiger partial charge in [0, 0.05) is 43.7 Å². The summed E-state index contributed by atoms with van der Waals surface area (Å²) in [6.07, 6.45) is 3.18. The molecule has 28 heavy (non-hydrogen) atoms. The van der Waals surface area contributed by atoms with Crippen LogP contribution in [0.5, 0.6) is 0 Å². The molecule has 1 saturated heterocycles. The number of halogens is 2. The van der Waals surface area contributed by atoms with Gasteiger partial charge in [0.1, 0.15) is 0 Å². The van der Waals surface area contributed by atoms with Crippen LogP contribution in [0.1, 0.15) is 32.6 Å². The lowest BCUT2D eigenvalue weighted by molar-refractivity contribution is 0.376. The molecular weight excluding hydrogens is 489 g/mol. The minimum Gasteiger partial charge on any atom is -0.356 e. The van der Waals surface area contributed by atoms with E-state index in [1.54, 1.807) is 0 Å². The molecule has 0 spiro atoms. The number of nitrogens with one attached hydrogen (secondary N) is 1. The van der Waals surface area contributed by atoms with Crippen LogP contribution in [0, 0.1) is 11.8 Å². The summed E-state index contributed by atoms with van der Waals surface area (Å²) >= 11 is 5.92. The molecule has 1 atom stereocenters. The Hall–Kier alpha value is -1.35. The van der Waals surface area contributed by atoms with Crippen LogP contribution < -0.4 is 5.32 Å². The van der Waals surface area contributed by atoms with Crippen molar-refractivity contribution >= 4 is 41.5 Å². The Morgan fingerprint density at radius 3 is 2.79 bits per heavy atom. The fourth-order valence-electron chi connectivity index (χ4n) is 3.57. The molecule has 1 aliphatic heterocycles. The molecule has 1 unspecified atom stereocenters. The summed E-state index contributed by atoms with van der Waals surface area (Å²) in [4.78, 5) is 11.2. The van der Waals surface area contributed by atoms with Gasteiger partial charge in [-0.25, -0.2) is 0 Å². The molecule has 1 aromatic heterocycles. The van der Waals surface area contributed by atoms with Crippen molar-refractivity contribution in [2.45, 2.75) is 33.1 Å². The summed E-state index contributed by atoms with van der Waals surface area (Å²) in [5.74, 6) is 3.67. The Bertz CT molecular complexity index is 762. The average Bonchev–Trinajstić information content (AvgIpc) is 3.29. The third-order valence-electron chi connectivity index (χ3n) is 4.79. The lowest BCUT2D eigenvalue weighted by Gasteiger charge is -2.21. The summed E-state index contributed by atoms with van der Waals surface area (Å²) in [6, 6.07) is 7.41. The topological polar surface area (TPSA) is 66.5 Å². The molecule has 8 heteroatoms. The number of nitrogens with zero attached hydrogens (tertiary/aromatic N) is 4. The highest BCUT2D eigenvalue weighted by Gasteiger charge is 2.25. The summed E-state index contributed by atoms with van der Waals surface area (Å²) in [7, 11) is 1.84. The van der Waals surface area contributed by atoms with Crippen LogP contribution in [0.25, 0.3) is 11.4 Å². The Kier molecular flexibility index (Phi) is 9.01. The number of benzene rings is 1. The van der Waals surface area contributed by atoms with E-state index in [0.29, 0.717) is 29.7 Å². The Balaban J connectivity index is 0.00000280. The number of hydrogen-bond donors (Lipinski definition) is 1. The lowest BCUT2D eigenvalue weighted by Crippen LogP contribution is -2.40. The van der Waals surface area contributed by atoms with Crippen LogP contribution in [0.3, 0.4) is 0 Å². The van der Waals surface area contributed by atoms with Crippen molar-refractivity contribution in [3.8, 4) is 11.4 Å². The molecule has 0 amide bonds. The fraction of sp³-hybridized carbons (Fsp3) is 0.550. The number of likely N-dealkylation sites (tertiary alicyclic amines) is 1. The van der Waals surface area contributed by atoms with Crippen LogP contribution in [0.4, 0.5) is 0 Å². The molecule has 6 nitrogen and oxygen atoms in total. The predicted octanol–water partition coefficient (Wildman–Crippen LogP) is 4.49. The molecule has 1 aromatic carbocycles. The van der Waals surface area contributed by atoms with Gasteiger partial charge in [0.25, 0.3) is 0 Å². The summed E-state index contributed by atoms with van der Waals surface area (Å²) in [5.41, 5.74) is 0.895. The first-order valence-electron chi connectivity index (χ1n) is 9.59. The molecule has 1 fully saturated rings. The van der Waals surface area contributed by atoms with Gasteiger partial charge in [-0.1, -0.05) is 30.6 Å². The van der Waals surface area contributed by atoms with E-state index in [0.717, 1.165) is 36.4 Å². The quantitative estimate of drug-likeness (QED) is 0.347. The smallest absolute Gasteiger partial charge is 0.228 e. The minimum atomic E-state index is 0. The molecule has 1 aliphatic rings. The van der Waals surface area contributed by atoms with E-state index in [1.165, 1.54) is 12.8 Å². The van der Waals surface area contributed by atoms with E-state index >= 15 is 0 Å². The molecule has 2 aromatic rings. The first-order chi connectivity index (χ1) is 13.0. The summed E-state index contributed by atoms with van der Waals surface area (Å²) in [5, 5.41) is 8.16. The molecule has 2 heterocycles. The van der Waals surface area contributed by atoms with Gasteiger partial charge in [0.05, 0.1) is 0 Å². The number of rotatable bonds is 6. The summed E-state index contributed by atoms with van der Waals surface area (Å²) in [6.45, 7) is 7.44. The highest BCUT2D eigenvalue weighted by atomic mass is 127. The van der Waals surface area contributed by atoms with E-state index < -0.39 is 0 Å². The van der Waals surface area contributed by atoms with Gasteiger partial charge in [0.15, 0.2) is 5.96 Å². The zero-order chi connectivity index (χ0) is 19.2. The van der Waals surface area contributed by atoms with Crippen LogP contribution in [0.15, 0.2) is 33.8 Å². The van der Waals surface area contributed by atoms with Crippen LogP contribution >= 0.6 is 35.6 Å². The Morgan fingerprint density at radius 1 is 1.36 bits per heavy atom. The normalized spacial score (nSPS) is 17.1. The molecule has 0 radical (unpaired) electrons. The number of aliphatic imine (C=N–C) groups is 1. The van der Waals surface area contributed by atoms with Gasteiger partial charge in [0.2, 0.25) is 11.7 Å². The molecule has 1 N–H and O–H groups in total. The van der Waals surface area contributed by atoms with Gasteiger partial charge in [-0.05, 0) is 48.9 Å². The number of hydrogen-bond acceptors (Lipinski definition) is 4. The van der Waals surface area contributed by atoms with Crippen molar-refractivity contribution in [3.63, 3.8) is 0 Å². The van der Waals surface area contributed by atoms with E-state index in [-0.39, 0.29) is 24.0 Å². The first-order valence-corrected chi connectivity index (χ1v) is 9.97. The van der Waals surface area contributed by atoms with E-state index in [2.05, 4.69) is 39.2 Å². The van der Waals surface area contributed by atoms with Gasteiger partial charge in [-0.15, -0.1) is 24.0 Å². The third kappa shape index (κ3) is 6.34. The van der Waals surface area contributed by atoms with Gasteiger partial charge < -0.3 is 14.7 Å². The van der Waals surface area contributed by atoms with Crippen molar-refractivity contribution in [2.24, 2.45) is 16.8 Å². The van der Waals surface area contributed by atoms with Crippen molar-refractivity contribution in [1.29, 1.82) is 0 Å². The third-order valence-corrected chi connectivity index (χ3v) is 5.05. The zero-order valence-corrected chi connectivity index (χ0v) is 19.8. The Morgan fingerprint density at radius 2 is 2.11 bits per heavy atom. The molecule has 3 rings (SSSR count). The molecule has 0 bridgehead atoms. The van der Waals surface area contributed by atoms with E-state index in [9.17, 15) is 0 Å². The van der Waals surface area contributed by atoms with Gasteiger partial charge in [-0.3, -0.25) is 4.99 Å². The largest absolute Gasteiger partial charge is 0.356 e. The van der Waals surface area contributed by atoms with Gasteiger partial charge >= 0.3 is 0 Å². The minimum absolute atomic E-state index is 0. The van der Waals surface area contributed by atoms with E-state index in [4.69, 9.17) is 16.1 Å². The highest BCUT2D eigenvalue weighted by molar-refractivity contribution is 14.0. The standard InChI is InChI=1S/C20H28ClN5O.HI/c1-14(2)12-15-9-11-26(13-15)20(22-3)23-10-8-18-24-19(25-27-18)16-4-6-17(21)7-5-16;/h4-7,14-15H,8-13H2,1-3H3,(H,22,23);1H. The van der Waals surface area contributed by atoms with Crippen molar-refractivity contribution in [3.05, 3.63) is 35.2 Å². The van der Waals surface area contributed by atoms with Crippen molar-refractivity contribution in [1.82, 2.24) is 20.4 Å². The van der Waals surface area contributed by atoms with E-state index in [1.807, 2.05) is 31.3 Å². The summed E-state index contributed by atoms with van der Waals surface area (Å²) < 4.78 is 5.36. The predicted molar refractivity (Wildman–Crippen MR) is 124 cm³/mol. The maximum Gasteiger partial charge on any atom is 0.228 e. The molecular formula is C20H29ClIN5O.